The van der Waals surface area contributed by atoms with Gasteiger partial charge in [-0.1, -0.05) is 30.3 Å². The second kappa shape index (κ2) is 9.09. The number of likely N-dealkylation sites (tertiary alicyclic amines) is 1. The largest absolute Gasteiger partial charge is 0.488 e. The summed E-state index contributed by atoms with van der Waals surface area (Å²) in [6.45, 7) is 3.39. The maximum Gasteiger partial charge on any atom is 0.318 e. The molecular formula is C23H25N3O2S. The molecule has 6 heteroatoms. The molecule has 1 aromatic carbocycles. The molecule has 0 spiro atoms. The Labute approximate surface area is 175 Å². The average Bonchev–Trinajstić information content (AvgIpc) is 3.38. The fourth-order valence-electron chi connectivity index (χ4n) is 3.66. The topological polar surface area (TPSA) is 54.5 Å². The predicted molar refractivity (Wildman–Crippen MR) is 115 cm³/mol. The molecule has 2 atom stereocenters. The summed E-state index contributed by atoms with van der Waals surface area (Å²) in [5, 5.41) is 5.35. The fraction of sp³-hybridized carbons (Fsp3) is 0.304. The summed E-state index contributed by atoms with van der Waals surface area (Å²) in [5.74, 6) is 0.795. The Bertz CT molecular complexity index is 930. The molecule has 1 aliphatic heterocycles. The van der Waals surface area contributed by atoms with Crippen LogP contribution >= 0.6 is 11.3 Å². The van der Waals surface area contributed by atoms with E-state index in [0.717, 1.165) is 18.6 Å². The monoisotopic (exact) mass is 407 g/mol. The number of nitrogens with zero attached hydrogens (tertiary/aromatic N) is 2. The van der Waals surface area contributed by atoms with Crippen molar-refractivity contribution >= 4 is 17.4 Å². The number of hydrogen-bond acceptors (Lipinski definition) is 4. The van der Waals surface area contributed by atoms with E-state index in [0.29, 0.717) is 13.1 Å². The molecule has 1 N–H and O–H groups in total. The van der Waals surface area contributed by atoms with E-state index in [4.69, 9.17) is 4.74 Å². The minimum absolute atomic E-state index is 0.0131. The van der Waals surface area contributed by atoms with Crippen molar-refractivity contribution in [1.29, 1.82) is 0 Å². The molecule has 0 aliphatic carbocycles. The number of pyridine rings is 1. The minimum atomic E-state index is -0.0370. The van der Waals surface area contributed by atoms with E-state index in [1.165, 1.54) is 16.0 Å². The summed E-state index contributed by atoms with van der Waals surface area (Å²) < 4.78 is 5.99. The lowest BCUT2D eigenvalue weighted by Gasteiger charge is -2.24. The van der Waals surface area contributed by atoms with Gasteiger partial charge in [0.05, 0.1) is 12.6 Å². The summed E-state index contributed by atoms with van der Waals surface area (Å²) in [5.41, 5.74) is 2.43. The van der Waals surface area contributed by atoms with Gasteiger partial charge in [-0.2, -0.15) is 0 Å². The first-order chi connectivity index (χ1) is 14.2. The van der Waals surface area contributed by atoms with Crippen LogP contribution in [0.15, 0.2) is 66.3 Å². The van der Waals surface area contributed by atoms with Gasteiger partial charge < -0.3 is 15.0 Å². The molecule has 150 valence electrons. The van der Waals surface area contributed by atoms with Gasteiger partial charge in [0.2, 0.25) is 0 Å². The SMILES string of the molecule is Cc1ccsc1C(Cc1ccccc1)NC(=O)N1CCC(Oc2ccncc2)C1. The number of amides is 2. The van der Waals surface area contributed by atoms with Crippen molar-refractivity contribution in [2.75, 3.05) is 13.1 Å². The highest BCUT2D eigenvalue weighted by atomic mass is 32.1. The van der Waals surface area contributed by atoms with Crippen LogP contribution in [0.2, 0.25) is 0 Å². The molecule has 4 rings (SSSR count). The minimum Gasteiger partial charge on any atom is -0.488 e. The van der Waals surface area contributed by atoms with Gasteiger partial charge in [-0.15, -0.1) is 11.3 Å². The highest BCUT2D eigenvalue weighted by molar-refractivity contribution is 7.10. The van der Waals surface area contributed by atoms with Crippen molar-refractivity contribution in [3.8, 4) is 5.75 Å². The number of urea groups is 1. The Morgan fingerprint density at radius 3 is 2.76 bits per heavy atom. The number of hydrogen-bond donors (Lipinski definition) is 1. The van der Waals surface area contributed by atoms with Crippen molar-refractivity contribution < 1.29 is 9.53 Å². The maximum absolute atomic E-state index is 13.0. The van der Waals surface area contributed by atoms with E-state index in [2.05, 4.69) is 40.8 Å². The van der Waals surface area contributed by atoms with Crippen molar-refractivity contribution in [3.63, 3.8) is 0 Å². The van der Waals surface area contributed by atoms with E-state index >= 15 is 0 Å². The Morgan fingerprint density at radius 1 is 1.24 bits per heavy atom. The lowest BCUT2D eigenvalue weighted by molar-refractivity contribution is 0.184. The number of thiophene rings is 1. The Balaban J connectivity index is 1.41. The molecule has 1 saturated heterocycles. The molecule has 5 nitrogen and oxygen atoms in total. The van der Waals surface area contributed by atoms with Gasteiger partial charge in [-0.3, -0.25) is 4.98 Å². The highest BCUT2D eigenvalue weighted by Gasteiger charge is 2.29. The zero-order valence-corrected chi connectivity index (χ0v) is 17.3. The van der Waals surface area contributed by atoms with E-state index < -0.39 is 0 Å². The average molecular weight is 408 g/mol. The van der Waals surface area contributed by atoms with E-state index in [1.54, 1.807) is 23.7 Å². The third-order valence-electron chi connectivity index (χ3n) is 5.18. The van der Waals surface area contributed by atoms with Crippen LogP contribution in [0.25, 0.3) is 0 Å². The number of carbonyl (C=O) groups is 1. The third kappa shape index (κ3) is 4.95. The number of aromatic nitrogens is 1. The Kier molecular flexibility index (Phi) is 6.10. The summed E-state index contributed by atoms with van der Waals surface area (Å²) in [4.78, 5) is 20.1. The van der Waals surface area contributed by atoms with Crippen molar-refractivity contribution in [2.24, 2.45) is 0 Å². The summed E-state index contributed by atoms with van der Waals surface area (Å²) in [7, 11) is 0. The number of benzene rings is 1. The van der Waals surface area contributed by atoms with Crippen LogP contribution in [0.1, 0.15) is 28.5 Å². The zero-order valence-electron chi connectivity index (χ0n) is 16.5. The molecule has 1 fully saturated rings. The predicted octanol–water partition coefficient (Wildman–Crippen LogP) is 4.60. The first-order valence-electron chi connectivity index (χ1n) is 9.89. The molecule has 0 radical (unpaired) electrons. The van der Waals surface area contributed by atoms with E-state index in [1.807, 2.05) is 35.2 Å². The van der Waals surface area contributed by atoms with Gasteiger partial charge >= 0.3 is 6.03 Å². The van der Waals surface area contributed by atoms with Crippen LogP contribution < -0.4 is 10.1 Å². The van der Waals surface area contributed by atoms with Crippen molar-refractivity contribution in [3.05, 3.63) is 82.3 Å². The van der Waals surface area contributed by atoms with Gasteiger partial charge in [0.15, 0.2) is 0 Å². The normalized spacial score (nSPS) is 17.1. The number of carbonyl (C=O) groups excluding carboxylic acids is 1. The van der Waals surface area contributed by atoms with E-state index in [9.17, 15) is 4.79 Å². The molecule has 3 aromatic rings. The molecule has 2 unspecified atom stereocenters. The summed E-state index contributed by atoms with van der Waals surface area (Å²) in [6.07, 6.45) is 5.05. The third-order valence-corrected chi connectivity index (χ3v) is 6.32. The lowest BCUT2D eigenvalue weighted by atomic mass is 10.0. The smallest absolute Gasteiger partial charge is 0.318 e. The number of ether oxygens (including phenoxy) is 1. The van der Waals surface area contributed by atoms with Crippen molar-refractivity contribution in [1.82, 2.24) is 15.2 Å². The first kappa shape index (κ1) is 19.5. The van der Waals surface area contributed by atoms with E-state index in [-0.39, 0.29) is 18.2 Å². The second-order valence-corrected chi connectivity index (χ2v) is 8.26. The molecule has 2 aromatic heterocycles. The zero-order chi connectivity index (χ0) is 20.1. The summed E-state index contributed by atoms with van der Waals surface area (Å²) in [6, 6.07) is 16.0. The maximum atomic E-state index is 13.0. The molecule has 1 aliphatic rings. The molecule has 0 bridgehead atoms. The Hall–Kier alpha value is -2.86. The molecule has 0 saturated carbocycles. The quantitative estimate of drug-likeness (QED) is 0.650. The molecular weight excluding hydrogens is 382 g/mol. The second-order valence-electron chi connectivity index (χ2n) is 7.32. The highest BCUT2D eigenvalue weighted by Crippen LogP contribution is 2.27. The number of rotatable bonds is 6. The van der Waals surface area contributed by atoms with Crippen LogP contribution in [0.3, 0.4) is 0 Å². The van der Waals surface area contributed by atoms with Crippen LogP contribution in [-0.2, 0) is 6.42 Å². The van der Waals surface area contributed by atoms with Gasteiger partial charge in [-0.05, 0) is 48.1 Å². The van der Waals surface area contributed by atoms with Crippen LogP contribution in [0, 0.1) is 6.92 Å². The van der Waals surface area contributed by atoms with Crippen molar-refractivity contribution in [2.45, 2.75) is 31.9 Å². The summed E-state index contributed by atoms with van der Waals surface area (Å²) >= 11 is 1.70. The molecule has 3 heterocycles. The molecule has 2 amide bonds. The van der Waals surface area contributed by atoms with Gasteiger partial charge in [0.25, 0.3) is 0 Å². The van der Waals surface area contributed by atoms with Gasteiger partial charge in [0.1, 0.15) is 11.9 Å². The Morgan fingerprint density at radius 2 is 2.03 bits per heavy atom. The van der Waals surface area contributed by atoms with Crippen LogP contribution in [0.5, 0.6) is 5.75 Å². The van der Waals surface area contributed by atoms with Crippen LogP contribution in [0.4, 0.5) is 4.79 Å². The van der Waals surface area contributed by atoms with Crippen LogP contribution in [-0.4, -0.2) is 35.1 Å². The number of nitrogens with one attached hydrogen (secondary N) is 1. The number of aryl methyl sites for hydroxylation is 1. The van der Waals surface area contributed by atoms with Gasteiger partial charge in [-0.25, -0.2) is 4.79 Å². The molecule has 29 heavy (non-hydrogen) atoms. The standard InChI is InChI=1S/C23H25N3O2S/c1-17-10-14-29-22(17)21(15-18-5-3-2-4-6-18)25-23(27)26-13-9-20(16-26)28-19-7-11-24-12-8-19/h2-8,10-12,14,20-21H,9,13,15-16H2,1H3,(H,25,27). The first-order valence-corrected chi connectivity index (χ1v) is 10.8. The lowest BCUT2D eigenvalue weighted by Crippen LogP contribution is -2.41. The van der Waals surface area contributed by atoms with Gasteiger partial charge in [0, 0.05) is 30.2 Å². The fourth-order valence-corrected chi connectivity index (χ4v) is 4.64.